The predicted molar refractivity (Wildman–Crippen MR) is 109 cm³/mol. The van der Waals surface area contributed by atoms with Crippen molar-refractivity contribution in [2.45, 2.75) is 31.6 Å². The number of hydrogen-bond acceptors (Lipinski definition) is 5. The van der Waals surface area contributed by atoms with Crippen LogP contribution in [0.4, 0.5) is 5.69 Å². The molecule has 0 radical (unpaired) electrons. The summed E-state index contributed by atoms with van der Waals surface area (Å²) in [5.74, 6) is 0.857. The van der Waals surface area contributed by atoms with E-state index in [1.165, 1.54) is 31.3 Å². The monoisotopic (exact) mass is 406 g/mol. The second kappa shape index (κ2) is 10.1. The minimum Gasteiger partial charge on any atom is -0.490 e. The van der Waals surface area contributed by atoms with Gasteiger partial charge in [0, 0.05) is 17.3 Å². The average molecular weight is 407 g/mol. The summed E-state index contributed by atoms with van der Waals surface area (Å²) in [5.41, 5.74) is 0.907. The maximum Gasteiger partial charge on any atom is 0.255 e. The fourth-order valence-electron chi connectivity index (χ4n) is 2.35. The first-order chi connectivity index (χ1) is 13.4. The number of carbonyl (C=O) groups excluding carboxylic acids is 1. The molecule has 0 aliphatic heterocycles. The zero-order valence-electron chi connectivity index (χ0n) is 16.3. The van der Waals surface area contributed by atoms with Crippen molar-refractivity contribution in [1.29, 1.82) is 0 Å². The minimum atomic E-state index is -3.54. The number of benzene rings is 2. The van der Waals surface area contributed by atoms with Crippen molar-refractivity contribution < 1.29 is 22.7 Å². The highest BCUT2D eigenvalue weighted by molar-refractivity contribution is 7.89. The SMILES string of the molecule is CCCOc1ccc(NC(=O)c2ccc(S(=O)(=O)NC)cc2)cc1OCCC. The van der Waals surface area contributed by atoms with E-state index in [2.05, 4.69) is 10.0 Å². The van der Waals surface area contributed by atoms with E-state index in [1.807, 2.05) is 13.8 Å². The van der Waals surface area contributed by atoms with Crippen molar-refractivity contribution in [1.82, 2.24) is 4.72 Å². The van der Waals surface area contributed by atoms with E-state index in [0.29, 0.717) is 36.0 Å². The molecule has 2 rings (SSSR count). The lowest BCUT2D eigenvalue weighted by molar-refractivity contribution is 0.102. The quantitative estimate of drug-likeness (QED) is 0.630. The fourth-order valence-corrected chi connectivity index (χ4v) is 3.08. The van der Waals surface area contributed by atoms with Gasteiger partial charge in [-0.3, -0.25) is 4.79 Å². The molecule has 0 saturated carbocycles. The standard InChI is InChI=1S/C20H26N2O5S/c1-4-12-26-18-11-8-16(14-19(18)27-13-5-2)22-20(23)15-6-9-17(10-7-15)28(24,25)21-3/h6-11,14,21H,4-5,12-13H2,1-3H3,(H,22,23). The summed E-state index contributed by atoms with van der Waals surface area (Å²) in [6, 6.07) is 10.9. The molecule has 0 fully saturated rings. The highest BCUT2D eigenvalue weighted by atomic mass is 32.2. The van der Waals surface area contributed by atoms with Gasteiger partial charge in [0.1, 0.15) is 0 Å². The van der Waals surface area contributed by atoms with Crippen LogP contribution in [0.5, 0.6) is 11.5 Å². The summed E-state index contributed by atoms with van der Waals surface area (Å²) in [4.78, 5) is 12.6. The number of carbonyl (C=O) groups is 1. The van der Waals surface area contributed by atoms with Gasteiger partial charge in [0.15, 0.2) is 11.5 Å². The van der Waals surface area contributed by atoms with Crippen molar-refractivity contribution in [3.8, 4) is 11.5 Å². The minimum absolute atomic E-state index is 0.0965. The number of rotatable bonds is 10. The average Bonchev–Trinajstić information content (AvgIpc) is 2.71. The Labute approximate surface area is 166 Å². The van der Waals surface area contributed by atoms with Crippen LogP contribution < -0.4 is 19.5 Å². The molecule has 0 spiro atoms. The molecule has 0 aliphatic carbocycles. The van der Waals surface area contributed by atoms with Crippen molar-refractivity contribution in [3.63, 3.8) is 0 Å². The lowest BCUT2D eigenvalue weighted by Gasteiger charge is -2.14. The molecule has 0 bridgehead atoms. The molecular formula is C20H26N2O5S. The Balaban J connectivity index is 2.16. The molecule has 0 atom stereocenters. The van der Waals surface area contributed by atoms with E-state index in [1.54, 1.807) is 18.2 Å². The maximum absolute atomic E-state index is 12.5. The Hall–Kier alpha value is -2.58. The highest BCUT2D eigenvalue weighted by Crippen LogP contribution is 2.31. The van der Waals surface area contributed by atoms with Gasteiger partial charge in [-0.25, -0.2) is 13.1 Å². The van der Waals surface area contributed by atoms with Crippen LogP contribution in [0.3, 0.4) is 0 Å². The largest absolute Gasteiger partial charge is 0.490 e. The van der Waals surface area contributed by atoms with Crippen LogP contribution in [0.2, 0.25) is 0 Å². The van der Waals surface area contributed by atoms with Gasteiger partial charge >= 0.3 is 0 Å². The molecule has 7 nitrogen and oxygen atoms in total. The molecule has 28 heavy (non-hydrogen) atoms. The third kappa shape index (κ3) is 5.71. The zero-order chi connectivity index (χ0) is 20.6. The fraction of sp³-hybridized carbons (Fsp3) is 0.350. The highest BCUT2D eigenvalue weighted by Gasteiger charge is 2.14. The Morgan fingerprint density at radius 1 is 0.929 bits per heavy atom. The van der Waals surface area contributed by atoms with E-state index in [4.69, 9.17) is 9.47 Å². The molecule has 2 N–H and O–H groups in total. The first kappa shape index (κ1) is 21.7. The van der Waals surface area contributed by atoms with Crippen molar-refractivity contribution in [3.05, 3.63) is 48.0 Å². The Bertz CT molecular complexity index is 895. The summed E-state index contributed by atoms with van der Waals surface area (Å²) in [5, 5.41) is 2.79. The predicted octanol–water partition coefficient (Wildman–Crippen LogP) is 3.42. The molecule has 0 aromatic heterocycles. The number of nitrogens with one attached hydrogen (secondary N) is 2. The number of ether oxygens (including phenoxy) is 2. The summed E-state index contributed by atoms with van der Waals surface area (Å²) in [7, 11) is -2.20. The number of hydrogen-bond donors (Lipinski definition) is 2. The Morgan fingerprint density at radius 3 is 2.11 bits per heavy atom. The van der Waals surface area contributed by atoms with Gasteiger partial charge in [-0.05, 0) is 56.3 Å². The van der Waals surface area contributed by atoms with Crippen LogP contribution in [0.1, 0.15) is 37.0 Å². The molecule has 0 aliphatic rings. The molecule has 0 unspecified atom stereocenters. The molecule has 2 aromatic carbocycles. The molecule has 0 saturated heterocycles. The second-order valence-corrected chi connectivity index (χ2v) is 7.93. The first-order valence-electron chi connectivity index (χ1n) is 9.15. The Kier molecular flexibility index (Phi) is 7.83. The van der Waals surface area contributed by atoms with Gasteiger partial charge in [0.2, 0.25) is 10.0 Å². The van der Waals surface area contributed by atoms with E-state index in [9.17, 15) is 13.2 Å². The first-order valence-corrected chi connectivity index (χ1v) is 10.6. The van der Waals surface area contributed by atoms with Crippen LogP contribution in [0.25, 0.3) is 0 Å². The second-order valence-electron chi connectivity index (χ2n) is 6.04. The van der Waals surface area contributed by atoms with Gasteiger partial charge in [-0.2, -0.15) is 0 Å². The smallest absolute Gasteiger partial charge is 0.255 e. The molecular weight excluding hydrogens is 380 g/mol. The van der Waals surface area contributed by atoms with Gasteiger partial charge in [0.05, 0.1) is 18.1 Å². The third-order valence-electron chi connectivity index (χ3n) is 3.82. The van der Waals surface area contributed by atoms with Crippen LogP contribution in [0.15, 0.2) is 47.4 Å². The molecule has 0 heterocycles. The van der Waals surface area contributed by atoms with Crippen LogP contribution >= 0.6 is 0 Å². The Morgan fingerprint density at radius 2 is 1.54 bits per heavy atom. The van der Waals surface area contributed by atoms with E-state index >= 15 is 0 Å². The van der Waals surface area contributed by atoms with Gasteiger partial charge in [-0.1, -0.05) is 13.8 Å². The number of anilines is 1. The normalized spacial score (nSPS) is 11.1. The van der Waals surface area contributed by atoms with Gasteiger partial charge in [0.25, 0.3) is 5.91 Å². The zero-order valence-corrected chi connectivity index (χ0v) is 17.1. The lowest BCUT2D eigenvalue weighted by atomic mass is 10.2. The maximum atomic E-state index is 12.5. The summed E-state index contributed by atoms with van der Waals surface area (Å²) < 4.78 is 37.2. The molecule has 8 heteroatoms. The van der Waals surface area contributed by atoms with Crippen LogP contribution in [-0.4, -0.2) is 34.6 Å². The van der Waals surface area contributed by atoms with E-state index in [-0.39, 0.29) is 10.8 Å². The third-order valence-corrected chi connectivity index (χ3v) is 5.25. The number of amides is 1. The van der Waals surface area contributed by atoms with Crippen molar-refractivity contribution in [2.24, 2.45) is 0 Å². The summed E-state index contributed by atoms with van der Waals surface area (Å²) in [6.07, 6.45) is 1.73. The summed E-state index contributed by atoms with van der Waals surface area (Å²) >= 11 is 0. The van der Waals surface area contributed by atoms with Crippen molar-refractivity contribution in [2.75, 3.05) is 25.6 Å². The molecule has 1 amide bonds. The summed E-state index contributed by atoms with van der Waals surface area (Å²) in [6.45, 7) is 5.15. The molecule has 152 valence electrons. The van der Waals surface area contributed by atoms with Crippen molar-refractivity contribution >= 4 is 21.6 Å². The van der Waals surface area contributed by atoms with E-state index < -0.39 is 10.0 Å². The lowest BCUT2D eigenvalue weighted by Crippen LogP contribution is -2.19. The van der Waals surface area contributed by atoms with Crippen LogP contribution in [0, 0.1) is 0 Å². The molecule has 2 aromatic rings. The van der Waals surface area contributed by atoms with Gasteiger partial charge in [-0.15, -0.1) is 0 Å². The number of sulfonamides is 1. The topological polar surface area (TPSA) is 93.7 Å². The van der Waals surface area contributed by atoms with E-state index in [0.717, 1.165) is 12.8 Å². The van der Waals surface area contributed by atoms with Crippen LogP contribution in [-0.2, 0) is 10.0 Å². The van der Waals surface area contributed by atoms with Gasteiger partial charge < -0.3 is 14.8 Å².